The predicted molar refractivity (Wildman–Crippen MR) is 218 cm³/mol. The number of allylic oxidation sites excluding steroid dienone is 1. The number of rotatable bonds is 16. The van der Waals surface area contributed by atoms with E-state index < -0.39 is 29.7 Å². The first-order valence-electron chi connectivity index (χ1n) is 19.4. The van der Waals surface area contributed by atoms with Gasteiger partial charge in [-0.15, -0.1) is 6.58 Å². The maximum atomic E-state index is 13.3. The monoisotopic (exact) mass is 756 g/mol. The zero-order valence-electron chi connectivity index (χ0n) is 31.4. The summed E-state index contributed by atoms with van der Waals surface area (Å²) in [5, 5.41) is 9.82. The Morgan fingerprint density at radius 2 is 1.80 bits per heavy atom. The number of anilines is 3. The number of hydrogen-bond donors (Lipinski definition) is 5. The first-order chi connectivity index (χ1) is 27.3. The summed E-state index contributed by atoms with van der Waals surface area (Å²) in [6.07, 6.45) is 13.2. The normalized spacial score (nSPS) is 18.2. The summed E-state index contributed by atoms with van der Waals surface area (Å²) in [5.41, 5.74) is 11.5. The van der Waals surface area contributed by atoms with Crippen molar-refractivity contribution in [2.45, 2.75) is 63.3 Å². The van der Waals surface area contributed by atoms with E-state index in [4.69, 9.17) is 10.7 Å². The molecular formula is C42H48N10O4. The average molecular weight is 757 g/mol. The number of nitrogens with one attached hydrogen (secondary N) is 4. The molecule has 0 bridgehead atoms. The Bertz CT molecular complexity index is 2170. The molecule has 290 valence electrons. The van der Waals surface area contributed by atoms with Crippen molar-refractivity contribution in [2.75, 3.05) is 43.4 Å². The van der Waals surface area contributed by atoms with Crippen LogP contribution in [0.4, 0.5) is 17.3 Å². The van der Waals surface area contributed by atoms with Crippen molar-refractivity contribution < 1.29 is 19.2 Å². The van der Waals surface area contributed by atoms with Crippen molar-refractivity contribution in [3.8, 4) is 0 Å². The number of hydrogen-bond acceptors (Lipinski definition) is 11. The van der Waals surface area contributed by atoms with Crippen LogP contribution < -0.4 is 21.7 Å². The maximum Gasteiger partial charge on any atom is 0.264 e. The van der Waals surface area contributed by atoms with Gasteiger partial charge in [0, 0.05) is 60.5 Å². The summed E-state index contributed by atoms with van der Waals surface area (Å²) in [7, 11) is 0. The Hall–Kier alpha value is -6.15. The van der Waals surface area contributed by atoms with Crippen molar-refractivity contribution in [3.63, 3.8) is 0 Å². The summed E-state index contributed by atoms with van der Waals surface area (Å²) >= 11 is 0. The van der Waals surface area contributed by atoms with Crippen molar-refractivity contribution in [1.29, 1.82) is 0 Å². The number of aliphatic imine (C=N–C) groups is 1. The van der Waals surface area contributed by atoms with Gasteiger partial charge in [0.1, 0.15) is 11.7 Å². The van der Waals surface area contributed by atoms with Gasteiger partial charge in [-0.1, -0.05) is 30.7 Å². The summed E-state index contributed by atoms with van der Waals surface area (Å²) in [4.78, 5) is 71.1. The number of amides is 4. The second-order valence-electron chi connectivity index (χ2n) is 14.4. The SMILES string of the molecule is C=CCCN=C/C(=C\N)c1nc(Nc2ccc(C3CCN(CCCCCNc4cccc5c4C(=O)N(C4CCC(=O)NC4=O)C5=O)CC3)cc2)nc2[nH]ccc12. The fourth-order valence-electron chi connectivity index (χ4n) is 7.71. The highest BCUT2D eigenvalue weighted by Crippen LogP contribution is 2.33. The number of likely N-dealkylation sites (tertiary alicyclic amines) is 1. The predicted octanol–water partition coefficient (Wildman–Crippen LogP) is 5.51. The van der Waals surface area contributed by atoms with Crippen molar-refractivity contribution in [3.05, 3.63) is 96.0 Å². The average Bonchev–Trinajstić information content (AvgIpc) is 3.78. The number of nitrogens with two attached hydrogens (primary N) is 1. The highest BCUT2D eigenvalue weighted by molar-refractivity contribution is 6.25. The van der Waals surface area contributed by atoms with Gasteiger partial charge in [0.15, 0.2) is 0 Å². The molecule has 0 radical (unpaired) electrons. The summed E-state index contributed by atoms with van der Waals surface area (Å²) in [6.45, 7) is 8.19. The molecule has 4 aromatic rings. The zero-order valence-corrected chi connectivity index (χ0v) is 31.4. The van der Waals surface area contributed by atoms with E-state index in [-0.39, 0.29) is 18.4 Å². The maximum absolute atomic E-state index is 13.3. The van der Waals surface area contributed by atoms with Crippen LogP contribution >= 0.6 is 0 Å². The van der Waals surface area contributed by atoms with E-state index in [0.717, 1.165) is 79.7 Å². The van der Waals surface area contributed by atoms with Crippen molar-refractivity contribution >= 4 is 63.8 Å². The molecule has 3 aliphatic heterocycles. The van der Waals surface area contributed by atoms with E-state index in [1.54, 1.807) is 24.4 Å². The second kappa shape index (κ2) is 17.5. The third-order valence-electron chi connectivity index (χ3n) is 10.7. The molecule has 2 aromatic heterocycles. The molecule has 1 unspecified atom stereocenters. The van der Waals surface area contributed by atoms with Crippen LogP contribution in [0.25, 0.3) is 16.6 Å². The molecular weight excluding hydrogens is 709 g/mol. The summed E-state index contributed by atoms with van der Waals surface area (Å²) in [5.74, 6) is -1.01. The number of nitrogens with zero attached hydrogens (tertiary/aromatic N) is 5. The fourth-order valence-corrected chi connectivity index (χ4v) is 7.71. The summed E-state index contributed by atoms with van der Waals surface area (Å²) in [6, 6.07) is 14.7. The number of aromatic nitrogens is 3. The van der Waals surface area contributed by atoms with Crippen LogP contribution in [0.5, 0.6) is 0 Å². The van der Waals surface area contributed by atoms with E-state index in [9.17, 15) is 19.2 Å². The molecule has 14 heteroatoms. The van der Waals surface area contributed by atoms with Crippen molar-refractivity contribution in [2.24, 2.45) is 10.7 Å². The molecule has 14 nitrogen and oxygen atoms in total. The van der Waals surface area contributed by atoms with Crippen LogP contribution in [0.3, 0.4) is 0 Å². The Balaban J connectivity index is 0.845. The Labute approximate surface area is 325 Å². The largest absolute Gasteiger partial charge is 0.404 e. The molecule has 2 saturated heterocycles. The number of imide groups is 2. The molecule has 1 atom stereocenters. The molecule has 2 aromatic carbocycles. The number of benzene rings is 2. The van der Waals surface area contributed by atoms with Gasteiger partial charge in [-0.3, -0.25) is 34.4 Å². The van der Waals surface area contributed by atoms with Crippen LogP contribution in [0, 0.1) is 0 Å². The third kappa shape index (κ3) is 8.40. The molecule has 5 heterocycles. The van der Waals surface area contributed by atoms with E-state index in [2.05, 4.69) is 66.7 Å². The van der Waals surface area contributed by atoms with E-state index in [0.29, 0.717) is 47.5 Å². The number of carbonyl (C=O) groups is 4. The number of H-pyrrole nitrogens is 1. The van der Waals surface area contributed by atoms with E-state index in [1.807, 2.05) is 18.3 Å². The first-order valence-corrected chi connectivity index (χ1v) is 19.4. The van der Waals surface area contributed by atoms with Crippen LogP contribution in [-0.4, -0.2) is 93.4 Å². The van der Waals surface area contributed by atoms with Gasteiger partial charge < -0.3 is 26.3 Å². The fraction of sp³-hybridized carbons (Fsp3) is 0.357. The van der Waals surface area contributed by atoms with Gasteiger partial charge in [0.05, 0.1) is 16.8 Å². The van der Waals surface area contributed by atoms with E-state index in [1.165, 1.54) is 11.8 Å². The van der Waals surface area contributed by atoms with E-state index >= 15 is 0 Å². The minimum atomic E-state index is -0.976. The van der Waals surface area contributed by atoms with Crippen LogP contribution in [0.1, 0.15) is 89.3 Å². The Morgan fingerprint density at radius 3 is 2.57 bits per heavy atom. The second-order valence-corrected chi connectivity index (χ2v) is 14.4. The van der Waals surface area contributed by atoms with Crippen molar-refractivity contribution in [1.82, 2.24) is 30.1 Å². The lowest BCUT2D eigenvalue weighted by atomic mass is 9.89. The van der Waals surface area contributed by atoms with Gasteiger partial charge >= 0.3 is 0 Å². The molecule has 56 heavy (non-hydrogen) atoms. The molecule has 3 aliphatic rings. The molecule has 0 saturated carbocycles. The van der Waals surface area contributed by atoms with Gasteiger partial charge in [-0.25, -0.2) is 4.98 Å². The molecule has 0 aliphatic carbocycles. The zero-order chi connectivity index (χ0) is 39.0. The topological polar surface area (TPSA) is 191 Å². The molecule has 7 rings (SSSR count). The lowest BCUT2D eigenvalue weighted by molar-refractivity contribution is -0.136. The molecule has 4 amide bonds. The molecule has 0 spiro atoms. The number of fused-ring (bicyclic) bond motifs is 2. The lowest BCUT2D eigenvalue weighted by Gasteiger charge is -2.32. The van der Waals surface area contributed by atoms with Crippen LogP contribution in [-0.2, 0) is 9.59 Å². The number of carbonyl (C=O) groups excluding carboxylic acids is 4. The highest BCUT2D eigenvalue weighted by Gasteiger charge is 2.45. The van der Waals surface area contributed by atoms with Crippen LogP contribution in [0.2, 0.25) is 0 Å². The lowest BCUT2D eigenvalue weighted by Crippen LogP contribution is -2.54. The number of piperidine rings is 2. The molecule has 6 N–H and O–H groups in total. The van der Waals surface area contributed by atoms with Gasteiger partial charge in [0.2, 0.25) is 17.8 Å². The number of unbranched alkanes of at least 4 members (excludes halogenated alkanes) is 2. The smallest absolute Gasteiger partial charge is 0.264 e. The molecule has 2 fully saturated rings. The Morgan fingerprint density at radius 1 is 0.982 bits per heavy atom. The highest BCUT2D eigenvalue weighted by atomic mass is 16.2. The summed E-state index contributed by atoms with van der Waals surface area (Å²) < 4.78 is 0. The Kier molecular flexibility index (Phi) is 11.9. The minimum absolute atomic E-state index is 0.0919. The quantitative estimate of drug-likeness (QED) is 0.0422. The first kappa shape index (κ1) is 38.1. The number of aromatic amines is 1. The third-order valence-corrected chi connectivity index (χ3v) is 10.7. The van der Waals surface area contributed by atoms with Gasteiger partial charge in [0.25, 0.3) is 11.8 Å². The van der Waals surface area contributed by atoms with Crippen LogP contribution in [0.15, 0.2) is 78.6 Å². The minimum Gasteiger partial charge on any atom is -0.404 e. The van der Waals surface area contributed by atoms with Gasteiger partial charge in [-0.2, -0.15) is 4.98 Å². The standard InChI is InChI=1S/C42H48N10O4/c1-2-3-19-44-26-29(25-43)37-32-16-21-46-38(32)50-42(49-37)47-30-12-10-27(11-13-30)28-17-23-51(24-18-28)22-6-4-5-20-45-33-9-7-8-31-36(33)41(56)52(40(31)55)34-14-15-35(53)48-39(34)54/h2,7-13,16,21,25-26,28,34,45H,1,3-6,14-15,17-20,22-24,43H2,(H,48,53,54)(H2,46,47,49,50)/b29-25+,44-26?. The van der Waals surface area contributed by atoms with Gasteiger partial charge in [-0.05, 0) is 100.0 Å².